The molecule has 0 bridgehead atoms. The van der Waals surface area contributed by atoms with Crippen LogP contribution in [-0.2, 0) is 23.9 Å². The van der Waals surface area contributed by atoms with Crippen LogP contribution < -0.4 is 0 Å². The van der Waals surface area contributed by atoms with Crippen molar-refractivity contribution >= 4 is 29.6 Å². The van der Waals surface area contributed by atoms with Gasteiger partial charge in [0, 0.05) is 30.9 Å². The minimum atomic E-state index is -1.94. The highest BCUT2D eigenvalue weighted by Gasteiger charge is 2.75. The van der Waals surface area contributed by atoms with E-state index in [0.717, 1.165) is 19.3 Å². The van der Waals surface area contributed by atoms with E-state index >= 15 is 0 Å². The highest BCUT2D eigenvalue weighted by atomic mass is 16.7. The molecule has 0 radical (unpaired) electrons. The molecule has 2 aromatic rings. The highest BCUT2D eigenvalue weighted by molar-refractivity contribution is 6.07. The van der Waals surface area contributed by atoms with Crippen molar-refractivity contribution in [2.24, 2.45) is 10.5 Å². The molecule has 3 aliphatic heterocycles. The van der Waals surface area contributed by atoms with E-state index < -0.39 is 46.1 Å². The van der Waals surface area contributed by atoms with Crippen molar-refractivity contribution in [1.82, 2.24) is 5.01 Å². The van der Waals surface area contributed by atoms with Gasteiger partial charge in [0.2, 0.25) is 5.41 Å². The van der Waals surface area contributed by atoms with Gasteiger partial charge < -0.3 is 9.47 Å². The molecule has 10 nitrogen and oxygen atoms in total. The predicted octanol–water partition coefficient (Wildman–Crippen LogP) is 3.79. The fraction of sp³-hybridized carbons (Fsp3) is 0.407. The summed E-state index contributed by atoms with van der Waals surface area (Å²) in [7, 11) is 0. The highest BCUT2D eigenvalue weighted by Crippen LogP contribution is 2.63. The number of non-ortho nitro benzene ring substituents is 1. The number of nitro benzene ring substituents is 1. The zero-order valence-electron chi connectivity index (χ0n) is 20.2. The molecule has 2 spiro atoms. The molecule has 10 heteroatoms. The van der Waals surface area contributed by atoms with E-state index in [1.165, 1.54) is 36.2 Å². The normalized spacial score (nSPS) is 26.8. The Bertz CT molecular complexity index is 1330. The Morgan fingerprint density at radius 2 is 1.68 bits per heavy atom. The van der Waals surface area contributed by atoms with Gasteiger partial charge in [-0.25, -0.2) is 0 Å². The molecule has 3 atom stereocenters. The zero-order valence-corrected chi connectivity index (χ0v) is 20.2. The van der Waals surface area contributed by atoms with Crippen LogP contribution >= 0.6 is 0 Å². The average Bonchev–Trinajstić information content (AvgIpc) is 3.21. The van der Waals surface area contributed by atoms with E-state index in [4.69, 9.17) is 9.47 Å². The third-order valence-corrected chi connectivity index (χ3v) is 8.14. The molecular weight excluding hydrogens is 478 g/mol. The van der Waals surface area contributed by atoms with Crippen LogP contribution in [0.3, 0.4) is 0 Å². The van der Waals surface area contributed by atoms with Crippen molar-refractivity contribution in [3.63, 3.8) is 0 Å². The third-order valence-electron chi connectivity index (χ3n) is 8.14. The maximum atomic E-state index is 14.3. The van der Waals surface area contributed by atoms with Crippen LogP contribution in [0, 0.1) is 15.5 Å². The van der Waals surface area contributed by atoms with Crippen LogP contribution in [-0.4, -0.2) is 45.7 Å². The Balaban J connectivity index is 1.58. The number of ether oxygens (including phenoxy) is 2. The largest absolute Gasteiger partial charge is 0.422 e. The summed E-state index contributed by atoms with van der Waals surface area (Å²) in [5.41, 5.74) is -0.300. The number of rotatable bonds is 3. The Kier molecular flexibility index (Phi) is 5.18. The topological polar surface area (TPSA) is 128 Å². The summed E-state index contributed by atoms with van der Waals surface area (Å²) in [5, 5.41) is 17.4. The summed E-state index contributed by atoms with van der Waals surface area (Å²) in [6, 6.07) is 10.9. The molecule has 1 aliphatic carbocycles. The maximum Gasteiger partial charge on any atom is 0.330 e. The summed E-state index contributed by atoms with van der Waals surface area (Å²) in [5.74, 6) is -4.16. The van der Waals surface area contributed by atoms with Crippen LogP contribution in [0.15, 0.2) is 53.6 Å². The van der Waals surface area contributed by atoms with E-state index in [1.807, 2.05) is 12.1 Å². The molecule has 2 saturated heterocycles. The predicted molar refractivity (Wildman–Crippen MR) is 129 cm³/mol. The number of carbonyl (C=O) groups is 3. The number of ketones is 1. The van der Waals surface area contributed by atoms with Crippen molar-refractivity contribution in [3.8, 4) is 0 Å². The van der Waals surface area contributed by atoms with Crippen LogP contribution in [0.2, 0.25) is 0 Å². The lowest BCUT2D eigenvalue weighted by molar-refractivity contribution is -0.384. The molecule has 0 unspecified atom stereocenters. The summed E-state index contributed by atoms with van der Waals surface area (Å²) >= 11 is 0. The SMILES string of the molecule is CC(=O)[C@@H]1[C@H](c2ccc([N+](=O)[O-])cc2)C2(C(=O)OC3(CCCCC3)OC2=O)[C@H]2c3ccccc3C=NN12. The molecule has 4 aliphatic rings. The number of hydrogen-bond donors (Lipinski definition) is 0. The van der Waals surface area contributed by atoms with Crippen LogP contribution in [0.25, 0.3) is 0 Å². The van der Waals surface area contributed by atoms with Gasteiger partial charge in [-0.2, -0.15) is 5.10 Å². The molecular formula is C27H25N3O7. The van der Waals surface area contributed by atoms with Gasteiger partial charge in [0.1, 0.15) is 12.1 Å². The summed E-state index contributed by atoms with van der Waals surface area (Å²) in [6.45, 7) is 1.39. The van der Waals surface area contributed by atoms with Gasteiger partial charge in [-0.1, -0.05) is 42.8 Å². The summed E-state index contributed by atoms with van der Waals surface area (Å²) in [4.78, 5) is 52.5. The second-order valence-electron chi connectivity index (χ2n) is 10.2. The molecule has 37 heavy (non-hydrogen) atoms. The van der Waals surface area contributed by atoms with Crippen molar-refractivity contribution in [1.29, 1.82) is 0 Å². The Morgan fingerprint density at radius 1 is 1.03 bits per heavy atom. The number of hydrazone groups is 1. The lowest BCUT2D eigenvalue weighted by Crippen LogP contribution is -2.60. The fourth-order valence-electron chi connectivity index (χ4n) is 6.53. The van der Waals surface area contributed by atoms with Crippen LogP contribution in [0.4, 0.5) is 5.69 Å². The summed E-state index contributed by atoms with van der Waals surface area (Å²) in [6.07, 6.45) is 4.92. The van der Waals surface area contributed by atoms with E-state index in [1.54, 1.807) is 18.3 Å². The van der Waals surface area contributed by atoms with Gasteiger partial charge in [-0.3, -0.25) is 29.5 Å². The maximum absolute atomic E-state index is 14.3. The monoisotopic (exact) mass is 503 g/mol. The number of esters is 2. The Hall–Kier alpha value is -4.08. The van der Waals surface area contributed by atoms with Gasteiger partial charge in [-0.15, -0.1) is 0 Å². The number of hydrogen-bond acceptors (Lipinski definition) is 9. The van der Waals surface area contributed by atoms with E-state index in [0.29, 0.717) is 29.5 Å². The minimum absolute atomic E-state index is 0.147. The molecule has 3 heterocycles. The molecule has 1 saturated carbocycles. The van der Waals surface area contributed by atoms with Gasteiger partial charge >= 0.3 is 11.9 Å². The van der Waals surface area contributed by atoms with Crippen molar-refractivity contribution in [2.45, 2.75) is 62.8 Å². The first-order valence-electron chi connectivity index (χ1n) is 12.4. The molecule has 0 N–H and O–H groups in total. The summed E-state index contributed by atoms with van der Waals surface area (Å²) < 4.78 is 12.1. The quantitative estimate of drug-likeness (QED) is 0.268. The Labute approximate surface area is 212 Å². The van der Waals surface area contributed by atoms with Crippen LogP contribution in [0.1, 0.15) is 67.7 Å². The molecule has 2 aromatic carbocycles. The van der Waals surface area contributed by atoms with E-state index in [9.17, 15) is 24.5 Å². The molecule has 3 fully saturated rings. The lowest BCUT2D eigenvalue weighted by Gasteiger charge is -2.47. The number of benzene rings is 2. The molecule has 0 aromatic heterocycles. The van der Waals surface area contributed by atoms with Gasteiger partial charge in [-0.05, 0) is 36.5 Å². The van der Waals surface area contributed by atoms with E-state index in [2.05, 4.69) is 5.10 Å². The number of nitrogens with zero attached hydrogens (tertiary/aromatic N) is 3. The molecule has 190 valence electrons. The molecule has 6 rings (SSSR count). The second kappa shape index (κ2) is 8.22. The second-order valence-corrected chi connectivity index (χ2v) is 10.2. The first-order chi connectivity index (χ1) is 17.8. The zero-order chi connectivity index (χ0) is 25.9. The standard InChI is InChI=1S/C27H25N3O7/c1-16(31)22-21(17-9-11-19(12-10-17)30(34)35)27(23-20-8-4-3-7-18(20)15-28-29(22)23)24(32)36-26(37-25(27)33)13-5-2-6-14-26/h3-4,7-12,15,21-23H,2,5-6,13-14H2,1H3/t21-,22+,23+/m0/s1. The van der Waals surface area contributed by atoms with Crippen molar-refractivity contribution in [3.05, 3.63) is 75.3 Å². The Morgan fingerprint density at radius 3 is 2.30 bits per heavy atom. The molecule has 0 amide bonds. The van der Waals surface area contributed by atoms with Gasteiger partial charge in [0.05, 0.1) is 11.1 Å². The van der Waals surface area contributed by atoms with Crippen LogP contribution in [0.5, 0.6) is 0 Å². The fourth-order valence-corrected chi connectivity index (χ4v) is 6.53. The van der Waals surface area contributed by atoms with Gasteiger partial charge in [0.15, 0.2) is 5.78 Å². The van der Waals surface area contributed by atoms with Crippen molar-refractivity contribution in [2.75, 3.05) is 0 Å². The number of nitro groups is 1. The third kappa shape index (κ3) is 3.24. The smallest absolute Gasteiger partial charge is 0.330 e. The number of Topliss-reactive ketones (excluding diaryl/α,β-unsaturated/α-hetero) is 1. The number of fused-ring (bicyclic) bond motifs is 4. The lowest BCUT2D eigenvalue weighted by atomic mass is 9.65. The minimum Gasteiger partial charge on any atom is -0.422 e. The van der Waals surface area contributed by atoms with E-state index in [-0.39, 0.29) is 11.5 Å². The first kappa shape index (κ1) is 23.3. The average molecular weight is 504 g/mol. The number of carbonyl (C=O) groups excluding carboxylic acids is 3. The first-order valence-corrected chi connectivity index (χ1v) is 12.4. The van der Waals surface area contributed by atoms with Gasteiger partial charge in [0.25, 0.3) is 11.5 Å². The van der Waals surface area contributed by atoms with Crippen molar-refractivity contribution < 1.29 is 28.8 Å².